The van der Waals surface area contributed by atoms with Crippen molar-refractivity contribution in [2.24, 2.45) is 0 Å². The molecular formula is C16H20Cl2Zr. The molecule has 0 heterocycles. The van der Waals surface area contributed by atoms with Gasteiger partial charge in [-0.05, 0) is 0 Å². The van der Waals surface area contributed by atoms with Crippen LogP contribution in [0.15, 0.2) is 43.8 Å². The molecule has 0 nitrogen and oxygen atoms in total. The molecule has 0 aromatic rings. The van der Waals surface area contributed by atoms with E-state index in [0.717, 1.165) is 3.63 Å². The average molecular weight is 374 g/mol. The van der Waals surface area contributed by atoms with Gasteiger partial charge in [-0.2, -0.15) is 0 Å². The maximum atomic E-state index is 2.53. The summed E-state index contributed by atoms with van der Waals surface area (Å²) >= 11 is -0.415. The minimum absolute atomic E-state index is 0. The van der Waals surface area contributed by atoms with Gasteiger partial charge >= 0.3 is 117 Å². The van der Waals surface area contributed by atoms with Crippen molar-refractivity contribution >= 4 is 0 Å². The van der Waals surface area contributed by atoms with Crippen LogP contribution in [0.5, 0.6) is 0 Å². The molecule has 19 heavy (non-hydrogen) atoms. The zero-order valence-electron chi connectivity index (χ0n) is 11.6. The summed E-state index contributed by atoms with van der Waals surface area (Å²) in [6.07, 6.45) is 14.1. The third-order valence-electron chi connectivity index (χ3n) is 4.24. The average Bonchev–Trinajstić information content (AvgIpc) is 2.85. The fourth-order valence-corrected chi connectivity index (χ4v) is 7.45. The Morgan fingerprint density at radius 1 is 1.11 bits per heavy atom. The second kappa shape index (κ2) is 7.44. The van der Waals surface area contributed by atoms with Gasteiger partial charge in [-0.15, -0.1) is 0 Å². The maximum absolute atomic E-state index is 2.53. The van der Waals surface area contributed by atoms with E-state index in [4.69, 9.17) is 0 Å². The van der Waals surface area contributed by atoms with Gasteiger partial charge in [-0.3, -0.25) is 0 Å². The van der Waals surface area contributed by atoms with E-state index in [9.17, 15) is 0 Å². The molecule has 0 N–H and O–H groups in total. The predicted octanol–water partition coefficient (Wildman–Crippen LogP) is -1.07. The van der Waals surface area contributed by atoms with Crippen molar-refractivity contribution in [2.75, 3.05) is 0 Å². The topological polar surface area (TPSA) is 0 Å². The number of allylic oxidation sites excluding steroid dienone is 8. The maximum Gasteiger partial charge on any atom is -1.00 e. The first-order valence-electron chi connectivity index (χ1n) is 6.78. The molecular weight excluding hydrogens is 354 g/mol. The van der Waals surface area contributed by atoms with Crippen LogP contribution in [0.2, 0.25) is 3.63 Å². The Kier molecular flexibility index (Phi) is 6.84. The van der Waals surface area contributed by atoms with E-state index >= 15 is 0 Å². The molecule has 102 valence electrons. The summed E-state index contributed by atoms with van der Waals surface area (Å²) in [7, 11) is 0. The van der Waals surface area contributed by atoms with Crippen LogP contribution in [0.3, 0.4) is 0 Å². The molecule has 0 fully saturated rings. The van der Waals surface area contributed by atoms with Crippen LogP contribution < -0.4 is 24.8 Å². The predicted molar refractivity (Wildman–Crippen MR) is 69.5 cm³/mol. The van der Waals surface area contributed by atoms with Gasteiger partial charge in [-0.1, -0.05) is 0 Å². The summed E-state index contributed by atoms with van der Waals surface area (Å²) in [4.78, 5) is 0. The van der Waals surface area contributed by atoms with Crippen molar-refractivity contribution in [3.8, 4) is 0 Å². The SMILES string of the molecule is CC1=CC2=C(CCCC2)[CH]1[Zr+2][C]1=C(C)C=CC1.[Cl-].[Cl-]. The van der Waals surface area contributed by atoms with Gasteiger partial charge in [-0.25, -0.2) is 0 Å². The molecule has 0 aromatic heterocycles. The van der Waals surface area contributed by atoms with Gasteiger partial charge in [0.15, 0.2) is 0 Å². The van der Waals surface area contributed by atoms with Crippen LogP contribution in [0, 0.1) is 0 Å². The van der Waals surface area contributed by atoms with Crippen molar-refractivity contribution in [1.29, 1.82) is 0 Å². The Labute approximate surface area is 140 Å². The van der Waals surface area contributed by atoms with Gasteiger partial charge in [0, 0.05) is 0 Å². The van der Waals surface area contributed by atoms with Crippen LogP contribution in [0.1, 0.15) is 46.0 Å². The van der Waals surface area contributed by atoms with Crippen LogP contribution in [0.4, 0.5) is 0 Å². The molecule has 1 atom stereocenters. The summed E-state index contributed by atoms with van der Waals surface area (Å²) in [5.74, 6) is 0. The molecule has 0 amide bonds. The first-order chi connectivity index (χ1) is 8.25. The zero-order chi connectivity index (χ0) is 11.8. The van der Waals surface area contributed by atoms with Crippen molar-refractivity contribution in [3.05, 3.63) is 43.8 Å². The summed E-state index contributed by atoms with van der Waals surface area (Å²) in [6.45, 7) is 4.69. The molecule has 0 aromatic carbocycles. The van der Waals surface area contributed by atoms with Crippen molar-refractivity contribution in [1.82, 2.24) is 0 Å². The molecule has 0 saturated carbocycles. The molecule has 0 radical (unpaired) electrons. The van der Waals surface area contributed by atoms with E-state index in [2.05, 4.69) is 32.1 Å². The standard InChI is InChI=1S/C10H13.C6H7.2ClH.Zr/c1-8-6-9-4-2-3-5-10(9)7-8;1-6-4-2-3-5-6;;;/h6-7H,2-5H2,1H3;2,4H,3H2,1H3;2*1H;/q;;;;+2/p-2. The second-order valence-corrected chi connectivity index (χ2v) is 9.10. The minimum atomic E-state index is -0.415. The van der Waals surface area contributed by atoms with Gasteiger partial charge in [0.25, 0.3) is 0 Å². The molecule has 0 aliphatic heterocycles. The molecule has 3 aliphatic rings. The summed E-state index contributed by atoms with van der Waals surface area (Å²) in [5, 5.41) is 0. The number of hydrogen-bond donors (Lipinski definition) is 0. The zero-order valence-corrected chi connectivity index (χ0v) is 15.6. The largest absolute Gasteiger partial charge is 1.00 e. The van der Waals surface area contributed by atoms with E-state index < -0.39 is 23.2 Å². The molecule has 0 saturated heterocycles. The molecule has 0 bridgehead atoms. The fourth-order valence-electron chi connectivity index (χ4n) is 3.24. The summed E-state index contributed by atoms with van der Waals surface area (Å²) in [5.41, 5.74) is 6.86. The Morgan fingerprint density at radius 2 is 1.84 bits per heavy atom. The van der Waals surface area contributed by atoms with Crippen LogP contribution in [0.25, 0.3) is 0 Å². The van der Waals surface area contributed by atoms with E-state index in [1.54, 1.807) is 16.7 Å². The van der Waals surface area contributed by atoms with Crippen molar-refractivity contribution in [2.45, 2.75) is 49.6 Å². The fraction of sp³-hybridized carbons (Fsp3) is 0.500. The van der Waals surface area contributed by atoms with Gasteiger partial charge in [0.05, 0.1) is 0 Å². The summed E-state index contributed by atoms with van der Waals surface area (Å²) < 4.78 is 2.75. The molecule has 3 rings (SSSR count). The minimum Gasteiger partial charge on any atom is -1.00 e. The third-order valence-corrected chi connectivity index (χ3v) is 9.26. The Hall–Kier alpha value is 0.423. The van der Waals surface area contributed by atoms with E-state index in [1.807, 2.05) is 8.85 Å². The molecule has 0 spiro atoms. The first kappa shape index (κ1) is 17.5. The van der Waals surface area contributed by atoms with E-state index in [-0.39, 0.29) is 24.8 Å². The smallest absolute Gasteiger partial charge is 1.00 e. The first-order valence-corrected chi connectivity index (χ1v) is 9.43. The number of halogens is 2. The molecule has 1 unspecified atom stereocenters. The normalized spacial score (nSPS) is 24.5. The van der Waals surface area contributed by atoms with Crippen molar-refractivity contribution in [3.63, 3.8) is 0 Å². The van der Waals surface area contributed by atoms with Crippen LogP contribution >= 0.6 is 0 Å². The Bertz CT molecular complexity index is 469. The molecule has 3 heteroatoms. The monoisotopic (exact) mass is 372 g/mol. The van der Waals surface area contributed by atoms with E-state index in [0.29, 0.717) is 0 Å². The Balaban J connectivity index is 0.000000902. The van der Waals surface area contributed by atoms with Gasteiger partial charge in [0.1, 0.15) is 0 Å². The van der Waals surface area contributed by atoms with Crippen LogP contribution in [-0.4, -0.2) is 0 Å². The summed E-state index contributed by atoms with van der Waals surface area (Å²) in [6, 6.07) is 0. The third kappa shape index (κ3) is 3.55. The Morgan fingerprint density at radius 3 is 2.53 bits per heavy atom. The van der Waals surface area contributed by atoms with Crippen LogP contribution in [-0.2, 0) is 23.2 Å². The van der Waals surface area contributed by atoms with Gasteiger partial charge in [0.2, 0.25) is 0 Å². The number of rotatable bonds is 2. The molecule has 3 aliphatic carbocycles. The van der Waals surface area contributed by atoms with E-state index in [1.165, 1.54) is 32.1 Å². The quantitative estimate of drug-likeness (QED) is 0.578. The van der Waals surface area contributed by atoms with Gasteiger partial charge < -0.3 is 24.8 Å². The second-order valence-electron chi connectivity index (χ2n) is 5.49. The van der Waals surface area contributed by atoms with Crippen molar-refractivity contribution < 1.29 is 48.0 Å². The number of hydrogen-bond acceptors (Lipinski definition) is 0.